The first kappa shape index (κ1) is 20.3. The molecule has 0 amide bonds. The fourth-order valence-corrected chi connectivity index (χ4v) is 3.51. The van der Waals surface area contributed by atoms with Crippen LogP contribution in [0.25, 0.3) is 11.5 Å². The Morgan fingerprint density at radius 2 is 1.57 bits per heavy atom. The van der Waals surface area contributed by atoms with Crippen molar-refractivity contribution in [2.24, 2.45) is 0 Å². The Balaban J connectivity index is 2.08. The number of anilines is 1. The van der Waals surface area contributed by atoms with E-state index in [4.69, 9.17) is 35.4 Å². The van der Waals surface area contributed by atoms with Gasteiger partial charge in [0.2, 0.25) is 5.70 Å². The lowest BCUT2D eigenvalue weighted by Crippen LogP contribution is -2.39. The van der Waals surface area contributed by atoms with E-state index in [2.05, 4.69) is 11.4 Å². The SMILES string of the molecule is Cc1cc(C)cc(NC(=S)/C(=C(\[O-])c2ccc(Cl)c(Cl)c2)[n+]2ccccc2)c1. The number of nitrogens with zero attached hydrogens (tertiary/aromatic N) is 1. The molecule has 1 heterocycles. The molecule has 0 aliphatic heterocycles. The predicted octanol–water partition coefficient (Wildman–Crippen LogP) is 5.02. The molecule has 0 saturated heterocycles. The summed E-state index contributed by atoms with van der Waals surface area (Å²) in [5, 5.41) is 17.2. The maximum Gasteiger partial charge on any atom is 0.238 e. The minimum atomic E-state index is -0.253. The van der Waals surface area contributed by atoms with Crippen LogP contribution in [0.4, 0.5) is 5.69 Å². The fourth-order valence-electron chi connectivity index (χ4n) is 2.90. The van der Waals surface area contributed by atoms with E-state index in [1.807, 2.05) is 44.2 Å². The normalized spacial score (nSPS) is 11.7. The summed E-state index contributed by atoms with van der Waals surface area (Å²) in [6.45, 7) is 4.03. The number of thiocarbonyl (C=S) groups is 1. The molecule has 0 fully saturated rings. The second-order valence-electron chi connectivity index (χ2n) is 6.42. The second kappa shape index (κ2) is 8.74. The number of hydrogen-bond donors (Lipinski definition) is 1. The Morgan fingerprint density at radius 3 is 2.18 bits per heavy atom. The average Bonchev–Trinajstić information content (AvgIpc) is 2.64. The summed E-state index contributed by atoms with van der Waals surface area (Å²) in [7, 11) is 0. The van der Waals surface area contributed by atoms with Crippen LogP contribution in [0.5, 0.6) is 0 Å². The summed E-state index contributed by atoms with van der Waals surface area (Å²) in [4.78, 5) is 0.317. The molecule has 28 heavy (non-hydrogen) atoms. The highest BCUT2D eigenvalue weighted by molar-refractivity contribution is 7.81. The molecule has 0 aliphatic carbocycles. The van der Waals surface area contributed by atoms with E-state index in [1.54, 1.807) is 35.2 Å². The van der Waals surface area contributed by atoms with E-state index >= 15 is 0 Å². The Kier molecular flexibility index (Phi) is 6.35. The molecule has 3 nitrogen and oxygen atoms in total. The van der Waals surface area contributed by atoms with Crippen LogP contribution in [0, 0.1) is 13.8 Å². The maximum absolute atomic E-state index is 13.3. The zero-order valence-corrected chi connectivity index (χ0v) is 17.7. The van der Waals surface area contributed by atoms with Gasteiger partial charge in [-0.05, 0) is 60.6 Å². The molecule has 3 aromatic rings. The van der Waals surface area contributed by atoms with Gasteiger partial charge in [-0.2, -0.15) is 4.57 Å². The van der Waals surface area contributed by atoms with Gasteiger partial charge in [-0.25, -0.2) is 0 Å². The van der Waals surface area contributed by atoms with E-state index < -0.39 is 0 Å². The van der Waals surface area contributed by atoms with Gasteiger partial charge in [0.1, 0.15) is 0 Å². The third-order valence-electron chi connectivity index (χ3n) is 4.07. The van der Waals surface area contributed by atoms with E-state index in [-0.39, 0.29) is 5.76 Å². The molecular formula is C22H18Cl2N2OS. The van der Waals surface area contributed by atoms with Crippen LogP contribution < -0.4 is 15.0 Å². The van der Waals surface area contributed by atoms with Crippen LogP contribution >= 0.6 is 35.4 Å². The largest absolute Gasteiger partial charge is 0.867 e. The van der Waals surface area contributed by atoms with Crippen molar-refractivity contribution in [2.75, 3.05) is 5.32 Å². The number of hydrogen-bond acceptors (Lipinski definition) is 2. The van der Waals surface area contributed by atoms with Gasteiger partial charge in [0, 0.05) is 17.8 Å². The van der Waals surface area contributed by atoms with Gasteiger partial charge in [-0.15, -0.1) is 0 Å². The minimum absolute atomic E-state index is 0.253. The third-order valence-corrected chi connectivity index (χ3v) is 5.10. The summed E-state index contributed by atoms with van der Waals surface area (Å²) in [6, 6.07) is 16.4. The second-order valence-corrected chi connectivity index (χ2v) is 7.64. The van der Waals surface area contributed by atoms with Crippen molar-refractivity contribution < 1.29 is 9.67 Å². The molecule has 6 heteroatoms. The van der Waals surface area contributed by atoms with Crippen molar-refractivity contribution >= 4 is 57.6 Å². The lowest BCUT2D eigenvalue weighted by atomic mass is 10.1. The number of aryl methyl sites for hydroxylation is 2. The summed E-state index contributed by atoms with van der Waals surface area (Å²) in [5.74, 6) is -0.253. The lowest BCUT2D eigenvalue weighted by molar-refractivity contribution is -0.577. The molecule has 0 spiro atoms. The number of nitrogens with one attached hydrogen (secondary N) is 1. The minimum Gasteiger partial charge on any atom is -0.867 e. The molecule has 142 valence electrons. The predicted molar refractivity (Wildman–Crippen MR) is 118 cm³/mol. The van der Waals surface area contributed by atoms with Crippen LogP contribution in [0.3, 0.4) is 0 Å². The highest BCUT2D eigenvalue weighted by atomic mass is 35.5. The number of benzene rings is 2. The molecule has 0 bridgehead atoms. The molecular weight excluding hydrogens is 411 g/mol. The van der Waals surface area contributed by atoms with Gasteiger partial charge in [0.05, 0.1) is 10.0 Å². The van der Waals surface area contributed by atoms with Gasteiger partial charge in [-0.1, -0.05) is 53.6 Å². The maximum atomic E-state index is 13.3. The number of rotatable bonds is 4. The van der Waals surface area contributed by atoms with Gasteiger partial charge >= 0.3 is 0 Å². The summed E-state index contributed by atoms with van der Waals surface area (Å²) in [5.41, 5.74) is 3.78. The van der Waals surface area contributed by atoms with Crippen molar-refractivity contribution in [3.8, 4) is 0 Å². The highest BCUT2D eigenvalue weighted by Crippen LogP contribution is 2.26. The molecule has 2 aromatic carbocycles. The first-order valence-electron chi connectivity index (χ1n) is 8.58. The molecule has 0 radical (unpaired) electrons. The van der Waals surface area contributed by atoms with Gasteiger partial charge in [0.25, 0.3) is 0 Å². The topological polar surface area (TPSA) is 39.0 Å². The smallest absolute Gasteiger partial charge is 0.238 e. The van der Waals surface area contributed by atoms with Crippen molar-refractivity contribution in [2.45, 2.75) is 13.8 Å². The van der Waals surface area contributed by atoms with Crippen LogP contribution in [0.15, 0.2) is 67.0 Å². The number of halogens is 2. The van der Waals surface area contributed by atoms with E-state index in [9.17, 15) is 5.11 Å². The van der Waals surface area contributed by atoms with Crippen molar-refractivity contribution in [3.63, 3.8) is 0 Å². The van der Waals surface area contributed by atoms with Crippen LogP contribution in [-0.2, 0) is 0 Å². The molecule has 0 saturated carbocycles. The number of aromatic nitrogens is 1. The van der Waals surface area contributed by atoms with Crippen molar-refractivity contribution in [3.05, 3.63) is 93.7 Å². The Morgan fingerprint density at radius 1 is 0.929 bits per heavy atom. The molecule has 0 unspecified atom stereocenters. The fraction of sp³-hybridized carbons (Fsp3) is 0.0909. The molecule has 0 atom stereocenters. The first-order valence-corrected chi connectivity index (χ1v) is 9.74. The molecule has 3 rings (SSSR count). The van der Waals surface area contributed by atoms with Crippen LogP contribution in [-0.4, -0.2) is 4.99 Å². The Hall–Kier alpha value is -2.40. The quantitative estimate of drug-likeness (QED) is 0.274. The number of pyridine rings is 1. The van der Waals surface area contributed by atoms with Crippen molar-refractivity contribution in [1.82, 2.24) is 0 Å². The van der Waals surface area contributed by atoms with E-state index in [0.717, 1.165) is 16.8 Å². The Labute approximate surface area is 179 Å². The summed E-state index contributed by atoms with van der Waals surface area (Å²) >= 11 is 17.7. The molecule has 1 N–H and O–H groups in total. The lowest BCUT2D eigenvalue weighted by Gasteiger charge is -2.17. The zero-order chi connectivity index (χ0) is 20.3. The molecule has 1 aromatic heterocycles. The van der Waals surface area contributed by atoms with Gasteiger partial charge in [-0.3, -0.25) is 0 Å². The standard InChI is InChI=1S/C22H18Cl2N2OS/c1-14-10-15(2)12-17(11-14)25-22(28)20(26-8-4-3-5-9-26)21(27)16-6-7-18(23)19(24)13-16/h3-13H,1-2H3,(H-,25,27,28). The summed E-state index contributed by atoms with van der Waals surface area (Å²) in [6.07, 6.45) is 3.56. The van der Waals surface area contributed by atoms with E-state index in [0.29, 0.717) is 26.3 Å². The van der Waals surface area contributed by atoms with Crippen molar-refractivity contribution in [1.29, 1.82) is 0 Å². The Bertz CT molecular complexity index is 1050. The van der Waals surface area contributed by atoms with Crippen LogP contribution in [0.1, 0.15) is 16.7 Å². The third kappa shape index (κ3) is 4.71. The monoisotopic (exact) mass is 428 g/mol. The molecule has 0 aliphatic rings. The van der Waals surface area contributed by atoms with Crippen LogP contribution in [0.2, 0.25) is 10.0 Å². The average molecular weight is 429 g/mol. The van der Waals surface area contributed by atoms with Gasteiger partial charge < -0.3 is 10.4 Å². The highest BCUT2D eigenvalue weighted by Gasteiger charge is 2.19. The van der Waals surface area contributed by atoms with Gasteiger partial charge in [0.15, 0.2) is 17.4 Å². The van der Waals surface area contributed by atoms with E-state index in [1.165, 1.54) is 0 Å². The zero-order valence-electron chi connectivity index (χ0n) is 15.4. The first-order chi connectivity index (χ1) is 13.3. The summed E-state index contributed by atoms with van der Waals surface area (Å²) < 4.78 is 1.70.